The zero-order valence-electron chi connectivity index (χ0n) is 30.9. The van der Waals surface area contributed by atoms with Gasteiger partial charge in [0.2, 0.25) is 0 Å². The van der Waals surface area contributed by atoms with E-state index >= 15 is 8.78 Å². The monoisotopic (exact) mass is 761 g/mol. The van der Waals surface area contributed by atoms with Crippen LogP contribution in [-0.2, 0) is 41.7 Å². The van der Waals surface area contributed by atoms with Crippen molar-refractivity contribution in [2.45, 2.75) is 77.5 Å². The summed E-state index contributed by atoms with van der Waals surface area (Å²) in [5.41, 5.74) is 2.07. The van der Waals surface area contributed by atoms with E-state index in [1.165, 1.54) is 24.3 Å². The van der Waals surface area contributed by atoms with Gasteiger partial charge in [-0.3, -0.25) is 14.3 Å². The van der Waals surface area contributed by atoms with Crippen LogP contribution in [0, 0.1) is 17.0 Å². The fourth-order valence-electron chi connectivity index (χ4n) is 7.23. The van der Waals surface area contributed by atoms with E-state index < -0.39 is 44.5 Å². The highest BCUT2D eigenvalue weighted by Gasteiger charge is 2.40. The molecular weight excluding hydrogens is 717 g/mol. The molecule has 0 aliphatic carbocycles. The molecule has 1 aliphatic heterocycles. The summed E-state index contributed by atoms with van der Waals surface area (Å²) in [6, 6.07) is 16.1. The maximum Gasteiger partial charge on any atom is 0.324 e. The van der Waals surface area contributed by atoms with E-state index in [9.17, 15) is 18.0 Å². The zero-order chi connectivity index (χ0) is 38.6. The molecule has 2 atom stereocenters. The lowest BCUT2D eigenvalue weighted by Crippen LogP contribution is -2.39. The summed E-state index contributed by atoms with van der Waals surface area (Å²) >= 11 is 0. The fraction of sp³-hybridized carbons (Fsp3) is 0.390. The number of aromatic nitrogens is 3. The van der Waals surface area contributed by atoms with Gasteiger partial charge in [-0.1, -0.05) is 44.5 Å². The first-order valence-corrected chi connectivity index (χ1v) is 19.9. The van der Waals surface area contributed by atoms with Gasteiger partial charge in [0.15, 0.2) is 26.7 Å². The molecule has 0 saturated carbocycles. The highest BCUT2D eigenvalue weighted by molar-refractivity contribution is 7.92. The number of rotatable bonds is 7. The largest absolute Gasteiger partial charge is 0.466 e. The molecule has 0 fully saturated rings. The van der Waals surface area contributed by atoms with Crippen molar-refractivity contribution in [3.8, 4) is 22.8 Å². The lowest BCUT2D eigenvalue weighted by atomic mass is 9.87. The van der Waals surface area contributed by atoms with E-state index in [0.29, 0.717) is 48.9 Å². The molecule has 2 aromatic heterocycles. The van der Waals surface area contributed by atoms with Gasteiger partial charge in [0.05, 0.1) is 30.7 Å². The lowest BCUT2D eigenvalue weighted by molar-refractivity contribution is -0.143. The third kappa shape index (κ3) is 8.67. The third-order valence-electron chi connectivity index (χ3n) is 9.78. The molecule has 6 rings (SSSR count). The van der Waals surface area contributed by atoms with Gasteiger partial charge in [-0.15, -0.1) is 0 Å². The summed E-state index contributed by atoms with van der Waals surface area (Å²) in [5.74, 6) is -3.10. The number of nitrogens with zero attached hydrogens (tertiary/aromatic N) is 2. The first kappa shape index (κ1) is 38.7. The molecule has 0 saturated heterocycles. The second-order valence-corrected chi connectivity index (χ2v) is 16.6. The summed E-state index contributed by atoms with van der Waals surface area (Å²) in [4.78, 5) is 28.5. The Balaban J connectivity index is 1.46. The van der Waals surface area contributed by atoms with Gasteiger partial charge in [0.25, 0.3) is 0 Å². The second-order valence-electron chi connectivity index (χ2n) is 14.4. The van der Waals surface area contributed by atoms with Gasteiger partial charge < -0.3 is 19.2 Å². The number of halogens is 2. The fourth-order valence-corrected chi connectivity index (χ4v) is 9.45. The lowest BCUT2D eigenvalue weighted by Gasteiger charge is -2.28. The average molecular weight is 762 g/mol. The zero-order valence-corrected chi connectivity index (χ0v) is 31.7. The highest BCUT2D eigenvalue weighted by atomic mass is 32.2. The van der Waals surface area contributed by atoms with Crippen LogP contribution in [0.25, 0.3) is 22.2 Å². The number of H-pyrrole nitrogens is 1. The number of benzene rings is 3. The van der Waals surface area contributed by atoms with Crippen LogP contribution in [0.5, 0.6) is 11.5 Å². The highest BCUT2D eigenvalue weighted by Crippen LogP contribution is 2.39. The Bertz CT molecular complexity index is 2260. The standard InChI is InChI=1S/C41H45F2N3O7S/c1-5-51-38(47)15-12-26-9-7-10-27(21-26)36-11-8-18-41(3,4)25-54(49,50)37(40(48)52-6-2)23-30-29-16-19-44-35(29)24-33(43)39(30)53-28-13-14-32(42)31(22-28)34-17-20-46(36)45-34/h7,9-10,13-14,16-17,19-22,24,36-37,44H,5-6,8,11-12,15,18,23,25H2,1-4H3. The Morgan fingerprint density at radius 2 is 1.81 bits per heavy atom. The predicted molar refractivity (Wildman–Crippen MR) is 201 cm³/mol. The third-order valence-corrected chi connectivity index (χ3v) is 12.2. The van der Waals surface area contributed by atoms with Crippen LogP contribution in [0.15, 0.2) is 73.1 Å². The second kappa shape index (κ2) is 16.1. The van der Waals surface area contributed by atoms with Crippen molar-refractivity contribution < 1.29 is 41.0 Å². The molecule has 3 aromatic carbocycles. The number of esters is 2. The van der Waals surface area contributed by atoms with Crippen LogP contribution >= 0.6 is 0 Å². The van der Waals surface area contributed by atoms with Crippen LogP contribution < -0.4 is 4.74 Å². The summed E-state index contributed by atoms with van der Waals surface area (Å²) in [5, 5.41) is 3.65. The van der Waals surface area contributed by atoms with Crippen molar-refractivity contribution in [1.29, 1.82) is 0 Å². The van der Waals surface area contributed by atoms with Crippen molar-refractivity contribution in [2.24, 2.45) is 5.41 Å². The summed E-state index contributed by atoms with van der Waals surface area (Å²) < 4.78 is 78.4. The Labute approximate surface area is 313 Å². The molecule has 2 unspecified atom stereocenters. The van der Waals surface area contributed by atoms with Crippen molar-refractivity contribution >= 4 is 32.7 Å². The molecule has 4 bridgehead atoms. The smallest absolute Gasteiger partial charge is 0.324 e. The number of ether oxygens (including phenoxy) is 3. The minimum atomic E-state index is -4.19. The van der Waals surface area contributed by atoms with Gasteiger partial charge in [0, 0.05) is 53.3 Å². The minimum absolute atomic E-state index is 0.0431. The molecule has 1 N–H and O–H groups in total. The molecule has 286 valence electrons. The van der Waals surface area contributed by atoms with Crippen LogP contribution in [0.1, 0.15) is 76.1 Å². The van der Waals surface area contributed by atoms with E-state index in [2.05, 4.69) is 4.98 Å². The van der Waals surface area contributed by atoms with Crippen LogP contribution in [0.2, 0.25) is 0 Å². The Hall–Kier alpha value is -5.04. The first-order chi connectivity index (χ1) is 25.8. The van der Waals surface area contributed by atoms with Crippen molar-refractivity contribution in [3.63, 3.8) is 0 Å². The van der Waals surface area contributed by atoms with Crippen molar-refractivity contribution in [3.05, 3.63) is 101 Å². The average Bonchev–Trinajstić information content (AvgIpc) is 3.79. The Kier molecular flexibility index (Phi) is 11.6. The number of sulfone groups is 1. The van der Waals surface area contributed by atoms with Gasteiger partial charge in [-0.05, 0) is 80.0 Å². The van der Waals surface area contributed by atoms with E-state index in [1.54, 1.807) is 43.1 Å². The number of hydrogen-bond donors (Lipinski definition) is 1. The predicted octanol–water partition coefficient (Wildman–Crippen LogP) is 8.29. The van der Waals surface area contributed by atoms with Crippen molar-refractivity contribution in [1.82, 2.24) is 14.8 Å². The molecule has 0 spiro atoms. The SMILES string of the molecule is CCOC(=O)CCc1cccc(C2CCCC(C)(C)CS(=O)(=O)C(C(=O)OCC)Cc3c(c(F)cc4[nH]ccc34)Oc3ccc(F)c(c3)-c3ccn2n3)c1. The van der Waals surface area contributed by atoms with Gasteiger partial charge in [-0.2, -0.15) is 5.10 Å². The van der Waals surface area contributed by atoms with Crippen LogP contribution in [-0.4, -0.2) is 59.3 Å². The van der Waals surface area contributed by atoms with E-state index in [0.717, 1.165) is 11.1 Å². The summed E-state index contributed by atoms with van der Waals surface area (Å²) in [6.07, 6.45) is 5.26. The number of carbonyl (C=O) groups is 2. The van der Waals surface area contributed by atoms with Crippen LogP contribution in [0.3, 0.4) is 0 Å². The van der Waals surface area contributed by atoms with Crippen LogP contribution in [0.4, 0.5) is 8.78 Å². The Morgan fingerprint density at radius 1 is 1.02 bits per heavy atom. The van der Waals surface area contributed by atoms with Gasteiger partial charge >= 0.3 is 11.9 Å². The normalized spacial score (nSPS) is 18.5. The minimum Gasteiger partial charge on any atom is -0.466 e. The van der Waals surface area contributed by atoms with Gasteiger partial charge in [0.1, 0.15) is 11.6 Å². The molecular formula is C41H45F2N3O7S. The molecule has 1 aliphatic rings. The summed E-state index contributed by atoms with van der Waals surface area (Å²) in [6.45, 7) is 7.31. The number of fused-ring (bicyclic) bond motifs is 8. The molecule has 10 nitrogen and oxygen atoms in total. The Morgan fingerprint density at radius 3 is 2.59 bits per heavy atom. The summed E-state index contributed by atoms with van der Waals surface area (Å²) in [7, 11) is -4.19. The number of aryl methyl sites for hydroxylation is 1. The maximum absolute atomic E-state index is 16.0. The van der Waals surface area contributed by atoms with E-state index in [1.807, 2.05) is 38.1 Å². The number of carbonyl (C=O) groups excluding carboxylic acids is 2. The molecule has 0 amide bonds. The number of nitrogens with one attached hydrogen (secondary N) is 1. The quantitative estimate of drug-likeness (QED) is 0.164. The van der Waals surface area contributed by atoms with Gasteiger partial charge in [-0.25, -0.2) is 17.2 Å². The number of hydrogen-bond acceptors (Lipinski definition) is 8. The molecule has 54 heavy (non-hydrogen) atoms. The first-order valence-electron chi connectivity index (χ1n) is 18.2. The molecule has 13 heteroatoms. The number of aromatic amines is 1. The topological polar surface area (TPSA) is 130 Å². The molecule has 3 heterocycles. The maximum atomic E-state index is 16.0. The van der Waals surface area contributed by atoms with Crippen molar-refractivity contribution in [2.75, 3.05) is 19.0 Å². The van der Waals surface area contributed by atoms with E-state index in [4.69, 9.17) is 19.3 Å². The molecule has 5 aromatic rings. The van der Waals surface area contributed by atoms with E-state index in [-0.39, 0.29) is 53.4 Å². The molecule has 0 radical (unpaired) electrons.